The number of hydrogen-bond donors (Lipinski definition) is 2. The summed E-state index contributed by atoms with van der Waals surface area (Å²) in [4.78, 5) is 11.6. The number of aromatic nitrogens is 3. The number of H-pyrrole nitrogens is 1. The number of ether oxygens (including phenoxy) is 1. The van der Waals surface area contributed by atoms with Crippen LogP contribution in [0.4, 0.5) is 0 Å². The maximum atomic E-state index is 5.18. The van der Waals surface area contributed by atoms with E-state index >= 15 is 0 Å². The normalized spacial score (nSPS) is 16.0. The third-order valence-corrected chi connectivity index (χ3v) is 4.68. The molecule has 1 aromatic carbocycles. The number of benzene rings is 1. The van der Waals surface area contributed by atoms with Gasteiger partial charge in [0.2, 0.25) is 0 Å². The second kappa shape index (κ2) is 8.69. The van der Waals surface area contributed by atoms with E-state index in [2.05, 4.69) is 39.2 Å². The summed E-state index contributed by atoms with van der Waals surface area (Å²) in [6.07, 6.45) is 2.43. The van der Waals surface area contributed by atoms with Gasteiger partial charge in [0, 0.05) is 25.2 Å². The van der Waals surface area contributed by atoms with Crippen molar-refractivity contribution in [2.75, 3.05) is 26.7 Å². The Morgan fingerprint density at radius 2 is 2.04 bits per heavy atom. The third-order valence-electron chi connectivity index (χ3n) is 4.68. The topological polar surface area (TPSA) is 78.4 Å². The van der Waals surface area contributed by atoms with Gasteiger partial charge in [0.15, 0.2) is 11.8 Å². The first-order valence-electron chi connectivity index (χ1n) is 9.28. The van der Waals surface area contributed by atoms with Crippen molar-refractivity contribution in [1.29, 1.82) is 0 Å². The maximum absolute atomic E-state index is 5.18. The summed E-state index contributed by atoms with van der Waals surface area (Å²) in [5, 5.41) is 10.7. The van der Waals surface area contributed by atoms with E-state index < -0.39 is 0 Å². The minimum atomic E-state index is 0.484. The SMILES string of the molecule is CCNC(=NCc1nc(-c2ccc(OC)cc2)n[nH]1)N1CCC(C)CC1. The Kier molecular flexibility index (Phi) is 6.09. The molecule has 2 heterocycles. The van der Waals surface area contributed by atoms with Gasteiger partial charge in [-0.2, -0.15) is 5.10 Å². The van der Waals surface area contributed by atoms with Crippen molar-refractivity contribution < 1.29 is 4.74 Å². The van der Waals surface area contributed by atoms with E-state index in [4.69, 9.17) is 9.73 Å². The van der Waals surface area contributed by atoms with Crippen molar-refractivity contribution in [1.82, 2.24) is 25.4 Å². The van der Waals surface area contributed by atoms with Crippen molar-refractivity contribution in [3.05, 3.63) is 30.1 Å². The maximum Gasteiger partial charge on any atom is 0.194 e. The summed E-state index contributed by atoms with van der Waals surface area (Å²) < 4.78 is 5.18. The molecule has 26 heavy (non-hydrogen) atoms. The highest BCUT2D eigenvalue weighted by Crippen LogP contribution is 2.19. The lowest BCUT2D eigenvalue weighted by Crippen LogP contribution is -2.45. The number of likely N-dealkylation sites (tertiary alicyclic amines) is 1. The number of hydrogen-bond acceptors (Lipinski definition) is 4. The van der Waals surface area contributed by atoms with Gasteiger partial charge in [-0.05, 0) is 49.9 Å². The van der Waals surface area contributed by atoms with Crippen LogP contribution in [0.2, 0.25) is 0 Å². The Balaban J connectivity index is 1.67. The molecular formula is C19H28N6O. The van der Waals surface area contributed by atoms with Crippen LogP contribution in [-0.2, 0) is 6.54 Å². The van der Waals surface area contributed by atoms with E-state index in [-0.39, 0.29) is 0 Å². The van der Waals surface area contributed by atoms with Gasteiger partial charge >= 0.3 is 0 Å². The summed E-state index contributed by atoms with van der Waals surface area (Å²) in [6.45, 7) is 7.87. The Hall–Kier alpha value is -2.57. The summed E-state index contributed by atoms with van der Waals surface area (Å²) in [5.41, 5.74) is 0.953. The molecule has 0 radical (unpaired) electrons. The number of nitrogens with zero attached hydrogens (tertiary/aromatic N) is 4. The Morgan fingerprint density at radius 3 is 2.69 bits per heavy atom. The molecule has 1 aliphatic heterocycles. The van der Waals surface area contributed by atoms with Crippen LogP contribution in [-0.4, -0.2) is 52.8 Å². The summed E-state index contributed by atoms with van der Waals surface area (Å²) in [6, 6.07) is 7.72. The first-order chi connectivity index (χ1) is 12.7. The lowest BCUT2D eigenvalue weighted by Gasteiger charge is -2.32. The van der Waals surface area contributed by atoms with Crippen LogP contribution < -0.4 is 10.1 Å². The van der Waals surface area contributed by atoms with Crippen LogP contribution >= 0.6 is 0 Å². The van der Waals surface area contributed by atoms with E-state index in [0.29, 0.717) is 12.4 Å². The van der Waals surface area contributed by atoms with E-state index in [1.54, 1.807) is 7.11 Å². The van der Waals surface area contributed by atoms with Crippen LogP contribution in [0.5, 0.6) is 5.75 Å². The van der Waals surface area contributed by atoms with Crippen LogP contribution in [0.25, 0.3) is 11.4 Å². The fourth-order valence-electron chi connectivity index (χ4n) is 3.03. The predicted molar refractivity (Wildman–Crippen MR) is 103 cm³/mol. The van der Waals surface area contributed by atoms with Gasteiger partial charge in [-0.1, -0.05) is 6.92 Å². The average Bonchev–Trinajstić information content (AvgIpc) is 3.15. The van der Waals surface area contributed by atoms with Crippen LogP contribution in [0, 0.1) is 5.92 Å². The highest BCUT2D eigenvalue weighted by molar-refractivity contribution is 5.80. The minimum absolute atomic E-state index is 0.484. The summed E-state index contributed by atoms with van der Waals surface area (Å²) in [5.74, 6) is 4.02. The van der Waals surface area contributed by atoms with E-state index in [9.17, 15) is 0 Å². The zero-order valence-electron chi connectivity index (χ0n) is 15.8. The van der Waals surface area contributed by atoms with Crippen molar-refractivity contribution in [2.24, 2.45) is 10.9 Å². The second-order valence-corrected chi connectivity index (χ2v) is 6.67. The molecule has 1 aromatic heterocycles. The lowest BCUT2D eigenvalue weighted by molar-refractivity contribution is 0.273. The first-order valence-corrected chi connectivity index (χ1v) is 9.28. The smallest absolute Gasteiger partial charge is 0.194 e. The molecule has 0 unspecified atom stereocenters. The largest absolute Gasteiger partial charge is 0.497 e. The van der Waals surface area contributed by atoms with E-state index in [1.165, 1.54) is 12.8 Å². The molecule has 3 rings (SSSR count). The second-order valence-electron chi connectivity index (χ2n) is 6.67. The zero-order chi connectivity index (χ0) is 18.4. The minimum Gasteiger partial charge on any atom is -0.497 e. The highest BCUT2D eigenvalue weighted by atomic mass is 16.5. The number of piperidine rings is 1. The molecule has 2 aromatic rings. The fourth-order valence-corrected chi connectivity index (χ4v) is 3.03. The van der Waals surface area contributed by atoms with Gasteiger partial charge in [-0.3, -0.25) is 5.10 Å². The van der Waals surface area contributed by atoms with Crippen molar-refractivity contribution in [3.8, 4) is 17.1 Å². The van der Waals surface area contributed by atoms with Gasteiger partial charge in [0.05, 0.1) is 7.11 Å². The molecule has 2 N–H and O–H groups in total. The van der Waals surface area contributed by atoms with Crippen LogP contribution in [0.3, 0.4) is 0 Å². The number of rotatable bonds is 5. The Labute approximate surface area is 154 Å². The zero-order valence-corrected chi connectivity index (χ0v) is 15.8. The number of methoxy groups -OCH3 is 1. The number of guanidine groups is 1. The van der Waals surface area contributed by atoms with E-state index in [1.807, 2.05) is 24.3 Å². The molecule has 0 saturated carbocycles. The van der Waals surface area contributed by atoms with Gasteiger partial charge in [0.1, 0.15) is 18.1 Å². The summed E-state index contributed by atoms with van der Waals surface area (Å²) in [7, 11) is 1.66. The fraction of sp³-hybridized carbons (Fsp3) is 0.526. The molecule has 1 aliphatic rings. The molecule has 140 valence electrons. The molecule has 1 fully saturated rings. The monoisotopic (exact) mass is 356 g/mol. The molecule has 0 spiro atoms. The van der Waals surface area contributed by atoms with Gasteiger partial charge in [-0.25, -0.2) is 9.98 Å². The van der Waals surface area contributed by atoms with Gasteiger partial charge in [0.25, 0.3) is 0 Å². The predicted octanol–water partition coefficient (Wildman–Crippen LogP) is 2.68. The highest BCUT2D eigenvalue weighted by Gasteiger charge is 2.18. The lowest BCUT2D eigenvalue weighted by atomic mass is 10.00. The van der Waals surface area contributed by atoms with Crippen molar-refractivity contribution in [3.63, 3.8) is 0 Å². The molecule has 0 aliphatic carbocycles. The molecule has 0 bridgehead atoms. The average molecular weight is 356 g/mol. The Bertz CT molecular complexity index is 716. The number of aliphatic imine (C=N–C) groups is 1. The summed E-state index contributed by atoms with van der Waals surface area (Å²) >= 11 is 0. The number of aromatic amines is 1. The van der Waals surface area contributed by atoms with Gasteiger partial charge < -0.3 is 15.0 Å². The van der Waals surface area contributed by atoms with Gasteiger partial charge in [-0.15, -0.1) is 0 Å². The Morgan fingerprint density at radius 1 is 1.31 bits per heavy atom. The quantitative estimate of drug-likeness (QED) is 0.636. The molecular weight excluding hydrogens is 328 g/mol. The van der Waals surface area contributed by atoms with Crippen molar-refractivity contribution in [2.45, 2.75) is 33.2 Å². The van der Waals surface area contributed by atoms with E-state index in [0.717, 1.165) is 48.6 Å². The van der Waals surface area contributed by atoms with Crippen LogP contribution in [0.15, 0.2) is 29.3 Å². The molecule has 0 atom stereocenters. The number of nitrogens with one attached hydrogen (secondary N) is 2. The molecule has 7 nitrogen and oxygen atoms in total. The molecule has 1 saturated heterocycles. The molecule has 0 amide bonds. The standard InChI is InChI=1S/C19H28N6O/c1-4-20-19(25-11-9-14(2)10-12-25)21-13-17-22-18(24-23-17)15-5-7-16(26-3)8-6-15/h5-8,14H,4,9-13H2,1-3H3,(H,20,21)(H,22,23,24). The van der Waals surface area contributed by atoms with Crippen LogP contribution in [0.1, 0.15) is 32.5 Å². The molecule has 7 heteroatoms. The first kappa shape index (κ1) is 18.2. The third kappa shape index (κ3) is 4.53. The van der Waals surface area contributed by atoms with Crippen molar-refractivity contribution >= 4 is 5.96 Å².